The average molecular weight is 502 g/mol. The van der Waals surface area contributed by atoms with Crippen LogP contribution in [0.2, 0.25) is 0 Å². The van der Waals surface area contributed by atoms with E-state index in [9.17, 15) is 18.0 Å². The van der Waals surface area contributed by atoms with Gasteiger partial charge in [-0.25, -0.2) is 8.42 Å². The number of nitrogens with zero attached hydrogens (tertiary/aromatic N) is 2. The average Bonchev–Trinajstić information content (AvgIpc) is 3.26. The van der Waals surface area contributed by atoms with Crippen molar-refractivity contribution >= 4 is 33.2 Å². The van der Waals surface area contributed by atoms with Crippen molar-refractivity contribution in [1.82, 2.24) is 4.31 Å². The molecule has 1 fully saturated rings. The Hall–Kier alpha value is -2.91. The number of sulfonamides is 1. The van der Waals surface area contributed by atoms with Crippen molar-refractivity contribution in [3.05, 3.63) is 48.5 Å². The number of rotatable bonds is 12. The molecule has 8 nitrogen and oxygen atoms in total. The number of benzene rings is 2. The van der Waals surface area contributed by atoms with Crippen molar-refractivity contribution in [1.29, 1.82) is 0 Å². The first-order valence-electron chi connectivity index (χ1n) is 12.2. The molecule has 1 saturated heterocycles. The van der Waals surface area contributed by atoms with Crippen molar-refractivity contribution in [2.45, 2.75) is 50.8 Å². The maximum absolute atomic E-state index is 13.1. The van der Waals surface area contributed by atoms with Gasteiger partial charge in [-0.2, -0.15) is 4.31 Å². The van der Waals surface area contributed by atoms with E-state index in [2.05, 4.69) is 5.32 Å². The number of methoxy groups -OCH3 is 1. The first-order chi connectivity index (χ1) is 16.8. The molecule has 1 N–H and O–H groups in total. The zero-order valence-corrected chi connectivity index (χ0v) is 21.5. The summed E-state index contributed by atoms with van der Waals surface area (Å²) in [6.07, 6.45) is 3.58. The molecular weight excluding hydrogens is 466 g/mol. The van der Waals surface area contributed by atoms with Crippen molar-refractivity contribution in [3.63, 3.8) is 0 Å². The number of amides is 2. The molecule has 35 heavy (non-hydrogen) atoms. The van der Waals surface area contributed by atoms with E-state index in [4.69, 9.17) is 4.74 Å². The van der Waals surface area contributed by atoms with Gasteiger partial charge in [-0.05, 0) is 61.4 Å². The minimum absolute atomic E-state index is 0.115. The zero-order chi connectivity index (χ0) is 25.4. The monoisotopic (exact) mass is 501 g/mol. The largest absolute Gasteiger partial charge is 0.497 e. The number of anilines is 2. The molecule has 1 atom stereocenters. The molecule has 190 valence electrons. The minimum atomic E-state index is -3.60. The van der Waals surface area contributed by atoms with E-state index in [1.807, 2.05) is 13.8 Å². The maximum Gasteiger partial charge on any atom is 0.243 e. The summed E-state index contributed by atoms with van der Waals surface area (Å²) in [5.41, 5.74) is 1.22. The Morgan fingerprint density at radius 2 is 1.63 bits per heavy atom. The van der Waals surface area contributed by atoms with Gasteiger partial charge in [0, 0.05) is 37.4 Å². The molecule has 2 aromatic rings. The summed E-state index contributed by atoms with van der Waals surface area (Å²) in [5.74, 6) is -0.181. The Kier molecular flexibility index (Phi) is 9.28. The molecule has 0 saturated carbocycles. The molecule has 0 bridgehead atoms. The van der Waals surface area contributed by atoms with Gasteiger partial charge in [0.25, 0.3) is 0 Å². The van der Waals surface area contributed by atoms with Crippen LogP contribution in [0.3, 0.4) is 0 Å². The smallest absolute Gasteiger partial charge is 0.243 e. The van der Waals surface area contributed by atoms with Crippen molar-refractivity contribution in [2.75, 3.05) is 37.0 Å². The zero-order valence-electron chi connectivity index (χ0n) is 20.7. The van der Waals surface area contributed by atoms with Gasteiger partial charge in [-0.3, -0.25) is 9.59 Å². The van der Waals surface area contributed by atoms with Gasteiger partial charge in [0.05, 0.1) is 17.9 Å². The summed E-state index contributed by atoms with van der Waals surface area (Å²) in [6, 6.07) is 13.4. The number of hydrogen-bond donors (Lipinski definition) is 1. The van der Waals surface area contributed by atoms with Crippen LogP contribution in [-0.2, 0) is 19.6 Å². The summed E-state index contributed by atoms with van der Waals surface area (Å²) in [7, 11) is -2.02. The highest BCUT2D eigenvalue weighted by molar-refractivity contribution is 7.89. The lowest BCUT2D eigenvalue weighted by Crippen LogP contribution is -2.33. The van der Waals surface area contributed by atoms with Crippen molar-refractivity contribution < 1.29 is 22.7 Å². The lowest BCUT2D eigenvalue weighted by atomic mass is 10.1. The molecule has 0 aromatic heterocycles. The fraction of sp³-hybridized carbons (Fsp3) is 0.462. The van der Waals surface area contributed by atoms with E-state index in [1.165, 1.54) is 12.1 Å². The second kappa shape index (κ2) is 12.2. The van der Waals surface area contributed by atoms with Gasteiger partial charge >= 0.3 is 0 Å². The van der Waals surface area contributed by atoms with E-state index in [-0.39, 0.29) is 29.7 Å². The number of carbonyl (C=O) groups is 2. The molecular formula is C26H35N3O5S. The SMILES string of the molecule is CCCCN(CCCC)S(=O)(=O)c1ccc(NC(=O)[C@H]2CC(=O)N(c3ccc(OC)cc3)C2)cc1. The number of nitrogens with one attached hydrogen (secondary N) is 1. The first kappa shape index (κ1) is 26.7. The summed E-state index contributed by atoms with van der Waals surface area (Å²) in [5, 5.41) is 2.82. The summed E-state index contributed by atoms with van der Waals surface area (Å²) in [6.45, 7) is 5.36. The molecule has 0 aliphatic carbocycles. The third-order valence-electron chi connectivity index (χ3n) is 6.16. The highest BCUT2D eigenvalue weighted by atomic mass is 32.2. The molecule has 3 rings (SSSR count). The van der Waals surface area contributed by atoms with E-state index >= 15 is 0 Å². The van der Waals surface area contributed by atoms with Gasteiger partial charge in [0.2, 0.25) is 21.8 Å². The normalized spacial score (nSPS) is 16.1. The third-order valence-corrected chi connectivity index (χ3v) is 8.07. The predicted octanol–water partition coefficient (Wildman–Crippen LogP) is 4.28. The number of unbranched alkanes of at least 4 members (excludes halogenated alkanes) is 2. The van der Waals surface area contributed by atoms with Gasteiger partial charge < -0.3 is 15.0 Å². The topological polar surface area (TPSA) is 96.0 Å². The van der Waals surface area contributed by atoms with Crippen LogP contribution in [0.25, 0.3) is 0 Å². The van der Waals surface area contributed by atoms with Crippen LogP contribution in [0.1, 0.15) is 46.0 Å². The molecule has 2 amide bonds. The molecule has 0 spiro atoms. The van der Waals surface area contributed by atoms with Crippen LogP contribution >= 0.6 is 0 Å². The fourth-order valence-corrected chi connectivity index (χ4v) is 5.54. The second-order valence-electron chi connectivity index (χ2n) is 8.73. The first-order valence-corrected chi connectivity index (χ1v) is 13.6. The molecule has 1 aliphatic rings. The van der Waals surface area contributed by atoms with E-state index in [0.29, 0.717) is 24.5 Å². The van der Waals surface area contributed by atoms with E-state index in [1.54, 1.807) is 52.7 Å². The highest BCUT2D eigenvalue weighted by Crippen LogP contribution is 2.28. The highest BCUT2D eigenvalue weighted by Gasteiger charge is 2.35. The Bertz CT molecular complexity index is 1090. The quantitative estimate of drug-likeness (QED) is 0.468. The van der Waals surface area contributed by atoms with Gasteiger partial charge in [-0.1, -0.05) is 26.7 Å². The summed E-state index contributed by atoms with van der Waals surface area (Å²) in [4.78, 5) is 27.1. The molecule has 0 unspecified atom stereocenters. The molecule has 1 heterocycles. The van der Waals surface area contributed by atoms with Crippen molar-refractivity contribution in [3.8, 4) is 5.75 Å². The van der Waals surface area contributed by atoms with Crippen molar-refractivity contribution in [2.24, 2.45) is 5.92 Å². The Labute approximate surface area is 208 Å². The van der Waals surface area contributed by atoms with Crippen LogP contribution < -0.4 is 15.0 Å². The lowest BCUT2D eigenvalue weighted by Gasteiger charge is -2.22. The van der Waals surface area contributed by atoms with Gasteiger partial charge in [0.1, 0.15) is 5.75 Å². The second-order valence-corrected chi connectivity index (χ2v) is 10.7. The Morgan fingerprint density at radius 1 is 1.03 bits per heavy atom. The fourth-order valence-electron chi connectivity index (χ4n) is 4.02. The molecule has 2 aromatic carbocycles. The lowest BCUT2D eigenvalue weighted by molar-refractivity contribution is -0.122. The van der Waals surface area contributed by atoms with Crippen LogP contribution in [0.4, 0.5) is 11.4 Å². The Balaban J connectivity index is 1.64. The van der Waals surface area contributed by atoms with Crippen LogP contribution in [0.5, 0.6) is 5.75 Å². The van der Waals surface area contributed by atoms with Crippen LogP contribution in [-0.4, -0.2) is 51.3 Å². The van der Waals surface area contributed by atoms with E-state index < -0.39 is 15.9 Å². The molecule has 9 heteroatoms. The summed E-state index contributed by atoms with van der Waals surface area (Å²) >= 11 is 0. The third kappa shape index (κ3) is 6.61. The molecule has 1 aliphatic heterocycles. The summed E-state index contributed by atoms with van der Waals surface area (Å²) < 4.78 is 32.9. The maximum atomic E-state index is 13.1. The van der Waals surface area contributed by atoms with Gasteiger partial charge in [0.15, 0.2) is 0 Å². The number of carbonyl (C=O) groups excluding carboxylic acids is 2. The van der Waals surface area contributed by atoms with E-state index in [0.717, 1.165) is 31.4 Å². The number of ether oxygens (including phenoxy) is 1. The Morgan fingerprint density at radius 3 is 2.17 bits per heavy atom. The predicted molar refractivity (Wildman–Crippen MR) is 137 cm³/mol. The molecule has 0 radical (unpaired) electrons. The van der Waals surface area contributed by atoms with Gasteiger partial charge in [-0.15, -0.1) is 0 Å². The number of hydrogen-bond acceptors (Lipinski definition) is 5. The minimum Gasteiger partial charge on any atom is -0.497 e. The standard InChI is InChI=1S/C26H35N3O5S/c1-4-6-16-28(17-7-5-2)35(32,33)24-14-8-21(9-15-24)27-26(31)20-18-25(30)29(19-20)22-10-12-23(34-3)13-11-22/h8-15,20H,4-7,16-19H2,1-3H3,(H,27,31)/t20-/m0/s1. The van der Waals surface area contributed by atoms with Crippen LogP contribution in [0.15, 0.2) is 53.4 Å². The van der Waals surface area contributed by atoms with Crippen LogP contribution in [0, 0.1) is 5.92 Å².